The molecule has 0 heterocycles. The predicted molar refractivity (Wildman–Crippen MR) is 80.7 cm³/mol. The molecule has 0 aliphatic heterocycles. The van der Waals surface area contributed by atoms with Gasteiger partial charge in [-0.25, -0.2) is 0 Å². The van der Waals surface area contributed by atoms with Crippen molar-refractivity contribution in [3.8, 4) is 5.75 Å². The van der Waals surface area contributed by atoms with Crippen molar-refractivity contribution in [2.24, 2.45) is 5.73 Å². The molecule has 3 heteroatoms. The SMILES string of the molecule is NCCc1ccc(O)c(C(=O)C=Cc2ccccc2)c1. The Morgan fingerprint density at radius 3 is 2.60 bits per heavy atom. The van der Waals surface area contributed by atoms with Gasteiger partial charge in [0.05, 0.1) is 5.56 Å². The van der Waals surface area contributed by atoms with Crippen LogP contribution in [0.5, 0.6) is 5.75 Å². The van der Waals surface area contributed by atoms with E-state index in [1.165, 1.54) is 12.1 Å². The van der Waals surface area contributed by atoms with Gasteiger partial charge in [-0.3, -0.25) is 4.79 Å². The first kappa shape index (κ1) is 14.0. The molecule has 2 rings (SSSR count). The lowest BCUT2D eigenvalue weighted by Crippen LogP contribution is -2.04. The third-order valence-corrected chi connectivity index (χ3v) is 2.99. The van der Waals surface area contributed by atoms with Crippen molar-refractivity contribution in [3.05, 3.63) is 71.3 Å². The van der Waals surface area contributed by atoms with Gasteiger partial charge in [0.15, 0.2) is 5.78 Å². The highest BCUT2D eigenvalue weighted by atomic mass is 16.3. The summed E-state index contributed by atoms with van der Waals surface area (Å²) in [5, 5.41) is 9.78. The summed E-state index contributed by atoms with van der Waals surface area (Å²) >= 11 is 0. The number of ketones is 1. The molecule has 0 aromatic heterocycles. The summed E-state index contributed by atoms with van der Waals surface area (Å²) in [5.41, 5.74) is 7.70. The number of allylic oxidation sites excluding steroid dienone is 1. The van der Waals surface area contributed by atoms with Crippen LogP contribution in [0.25, 0.3) is 6.08 Å². The van der Waals surface area contributed by atoms with Gasteiger partial charge in [0.1, 0.15) is 5.75 Å². The molecule has 0 fully saturated rings. The minimum Gasteiger partial charge on any atom is -0.507 e. The molecule has 20 heavy (non-hydrogen) atoms. The van der Waals surface area contributed by atoms with Crippen LogP contribution in [-0.2, 0) is 6.42 Å². The lowest BCUT2D eigenvalue weighted by atomic mass is 10.0. The maximum atomic E-state index is 12.1. The van der Waals surface area contributed by atoms with Gasteiger partial charge in [-0.15, -0.1) is 0 Å². The molecule has 0 bridgehead atoms. The van der Waals surface area contributed by atoms with E-state index in [1.807, 2.05) is 30.3 Å². The molecule has 0 aliphatic rings. The molecule has 3 nitrogen and oxygen atoms in total. The van der Waals surface area contributed by atoms with E-state index in [-0.39, 0.29) is 11.5 Å². The molecule has 0 radical (unpaired) electrons. The Bertz CT molecular complexity index is 618. The molecule has 0 saturated carbocycles. The number of carbonyl (C=O) groups is 1. The molecule has 0 unspecified atom stereocenters. The smallest absolute Gasteiger partial charge is 0.189 e. The molecule has 2 aromatic carbocycles. The Morgan fingerprint density at radius 1 is 1.15 bits per heavy atom. The number of hydrogen-bond acceptors (Lipinski definition) is 3. The number of phenols is 1. The molecule has 0 saturated heterocycles. The monoisotopic (exact) mass is 267 g/mol. The van der Waals surface area contributed by atoms with E-state index in [9.17, 15) is 9.90 Å². The van der Waals surface area contributed by atoms with Crippen molar-refractivity contribution in [1.29, 1.82) is 0 Å². The number of benzene rings is 2. The fraction of sp³-hybridized carbons (Fsp3) is 0.118. The largest absolute Gasteiger partial charge is 0.507 e. The molecule has 0 aliphatic carbocycles. The number of hydrogen-bond donors (Lipinski definition) is 2. The minimum absolute atomic E-state index is 0.00603. The van der Waals surface area contributed by atoms with E-state index in [4.69, 9.17) is 5.73 Å². The van der Waals surface area contributed by atoms with Crippen LogP contribution in [0.1, 0.15) is 21.5 Å². The van der Waals surface area contributed by atoms with E-state index in [0.717, 1.165) is 11.1 Å². The standard InChI is InChI=1S/C17H17NO2/c18-11-10-14-7-9-17(20)15(12-14)16(19)8-6-13-4-2-1-3-5-13/h1-9,12,20H,10-11,18H2. The van der Waals surface area contributed by atoms with E-state index in [0.29, 0.717) is 18.5 Å². The molecule has 3 N–H and O–H groups in total. The van der Waals surface area contributed by atoms with Crippen LogP contribution in [0.4, 0.5) is 0 Å². The van der Waals surface area contributed by atoms with E-state index in [2.05, 4.69) is 0 Å². The van der Waals surface area contributed by atoms with Crippen LogP contribution < -0.4 is 5.73 Å². The molecule has 102 valence electrons. The minimum atomic E-state index is -0.217. The van der Waals surface area contributed by atoms with Crippen molar-refractivity contribution < 1.29 is 9.90 Å². The second kappa shape index (κ2) is 6.68. The van der Waals surface area contributed by atoms with Crippen molar-refractivity contribution in [2.75, 3.05) is 6.54 Å². The molecule has 2 aromatic rings. The van der Waals surface area contributed by atoms with Crippen molar-refractivity contribution >= 4 is 11.9 Å². The maximum absolute atomic E-state index is 12.1. The second-order valence-electron chi connectivity index (χ2n) is 4.50. The average molecular weight is 267 g/mol. The van der Waals surface area contributed by atoms with Crippen molar-refractivity contribution in [3.63, 3.8) is 0 Å². The lowest BCUT2D eigenvalue weighted by Gasteiger charge is -2.04. The zero-order valence-corrected chi connectivity index (χ0v) is 11.1. The molecular weight excluding hydrogens is 250 g/mol. The number of aromatic hydroxyl groups is 1. The van der Waals surface area contributed by atoms with E-state index >= 15 is 0 Å². The van der Waals surface area contributed by atoms with Gasteiger partial charge in [-0.2, -0.15) is 0 Å². The maximum Gasteiger partial charge on any atom is 0.189 e. The van der Waals surface area contributed by atoms with Gasteiger partial charge in [0.25, 0.3) is 0 Å². The Balaban J connectivity index is 2.20. The Hall–Kier alpha value is -2.39. The Kier molecular flexibility index (Phi) is 4.69. The third-order valence-electron chi connectivity index (χ3n) is 2.99. The van der Waals surface area contributed by atoms with Crippen LogP contribution >= 0.6 is 0 Å². The van der Waals surface area contributed by atoms with Crippen LogP contribution in [0, 0.1) is 0 Å². The van der Waals surface area contributed by atoms with E-state index < -0.39 is 0 Å². The first-order valence-corrected chi connectivity index (χ1v) is 6.50. The summed E-state index contributed by atoms with van der Waals surface area (Å²) in [6.45, 7) is 0.512. The van der Waals surface area contributed by atoms with E-state index in [1.54, 1.807) is 18.2 Å². The highest BCUT2D eigenvalue weighted by molar-refractivity contribution is 6.08. The normalized spacial score (nSPS) is 10.8. The fourth-order valence-electron chi connectivity index (χ4n) is 1.93. The molecule has 0 amide bonds. The summed E-state index contributed by atoms with van der Waals surface area (Å²) in [7, 11) is 0. The zero-order chi connectivity index (χ0) is 14.4. The summed E-state index contributed by atoms with van der Waals surface area (Å²) in [4.78, 5) is 12.1. The summed E-state index contributed by atoms with van der Waals surface area (Å²) in [6, 6.07) is 14.6. The zero-order valence-electron chi connectivity index (χ0n) is 11.1. The summed E-state index contributed by atoms with van der Waals surface area (Å²) < 4.78 is 0. The average Bonchev–Trinajstić information content (AvgIpc) is 2.48. The highest BCUT2D eigenvalue weighted by Gasteiger charge is 2.09. The third kappa shape index (κ3) is 3.56. The summed E-state index contributed by atoms with van der Waals surface area (Å²) in [6.07, 6.45) is 3.89. The first-order chi connectivity index (χ1) is 9.70. The number of carbonyl (C=O) groups excluding carboxylic acids is 1. The van der Waals surface area contributed by atoms with Crippen LogP contribution in [-0.4, -0.2) is 17.4 Å². The van der Waals surface area contributed by atoms with Crippen molar-refractivity contribution in [2.45, 2.75) is 6.42 Å². The first-order valence-electron chi connectivity index (χ1n) is 6.50. The second-order valence-corrected chi connectivity index (χ2v) is 4.50. The van der Waals surface area contributed by atoms with Crippen LogP contribution in [0.15, 0.2) is 54.6 Å². The van der Waals surface area contributed by atoms with Gasteiger partial charge >= 0.3 is 0 Å². The molecule has 0 spiro atoms. The van der Waals surface area contributed by atoms with Gasteiger partial charge < -0.3 is 10.8 Å². The predicted octanol–water partition coefficient (Wildman–Crippen LogP) is 2.79. The molecule has 0 atom stereocenters. The number of phenolic OH excluding ortho intramolecular Hbond substituents is 1. The fourth-order valence-corrected chi connectivity index (χ4v) is 1.93. The topological polar surface area (TPSA) is 63.3 Å². The van der Waals surface area contributed by atoms with Gasteiger partial charge in [-0.1, -0.05) is 42.5 Å². The lowest BCUT2D eigenvalue weighted by molar-refractivity contribution is 0.104. The van der Waals surface area contributed by atoms with Gasteiger partial charge in [-0.05, 0) is 42.3 Å². The Labute approximate surface area is 118 Å². The number of rotatable bonds is 5. The Morgan fingerprint density at radius 2 is 1.90 bits per heavy atom. The summed E-state index contributed by atoms with van der Waals surface area (Å²) in [5.74, 6) is -0.223. The van der Waals surface area contributed by atoms with Crippen LogP contribution in [0.2, 0.25) is 0 Å². The highest BCUT2D eigenvalue weighted by Crippen LogP contribution is 2.20. The van der Waals surface area contributed by atoms with Crippen molar-refractivity contribution in [1.82, 2.24) is 0 Å². The molecular formula is C17H17NO2. The van der Waals surface area contributed by atoms with Crippen LogP contribution in [0.3, 0.4) is 0 Å². The van der Waals surface area contributed by atoms with Gasteiger partial charge in [0.2, 0.25) is 0 Å². The van der Waals surface area contributed by atoms with Gasteiger partial charge in [0, 0.05) is 0 Å². The quantitative estimate of drug-likeness (QED) is 0.646. The number of nitrogens with two attached hydrogens (primary N) is 1.